The van der Waals surface area contributed by atoms with Crippen LogP contribution >= 0.6 is 0 Å². The molecule has 0 bridgehead atoms. The first-order valence-corrected chi connectivity index (χ1v) is 27.3. The molecule has 6 fully saturated rings. The summed E-state index contributed by atoms with van der Waals surface area (Å²) < 4.78 is 14.5. The number of carbonyl (C=O) groups is 4. The van der Waals surface area contributed by atoms with E-state index in [1.54, 1.807) is 0 Å². The Kier molecular flexibility index (Phi) is 17.9. The molecule has 4 aliphatic heterocycles. The molecule has 12 heteroatoms. The SMILES string of the molecule is CC1(C)CC2(CC(C)(C)N1)OC1(CCCCCCCCCCC1)N(CC(=O)NCCCCCCNC(=O)CN1C(=O)C3(CC(C)(C)NC(C)(C)C3)OC13CCCCCCCCCCC3)C2=O. The summed E-state index contributed by atoms with van der Waals surface area (Å²) in [4.78, 5) is 60.8. The molecular weight excluding hydrogens is 829 g/mol. The highest BCUT2D eigenvalue weighted by Crippen LogP contribution is 2.52. The number of piperidine rings is 2. The van der Waals surface area contributed by atoms with Crippen LogP contribution in [0, 0.1) is 0 Å². The summed E-state index contributed by atoms with van der Waals surface area (Å²) in [6, 6.07) is 0. The maximum absolute atomic E-state index is 14.8. The molecule has 66 heavy (non-hydrogen) atoms. The highest BCUT2D eigenvalue weighted by molar-refractivity contribution is 5.93. The van der Waals surface area contributed by atoms with Crippen LogP contribution in [-0.2, 0) is 28.7 Å². The molecule has 4 heterocycles. The molecule has 6 rings (SSSR count). The lowest BCUT2D eigenvalue weighted by Crippen LogP contribution is -2.65. The average Bonchev–Trinajstić information content (AvgIpc) is 3.51. The molecule has 2 saturated carbocycles. The average molecular weight is 925 g/mol. The standard InChI is InChI=1S/C54H96N6O6/c1-47(2)39-51(40-48(3,4)57-47)45(63)59(53(65-51)31-25-19-15-11-9-12-16-20-26-32-53)37-43(61)55-35-29-23-24-30-36-56-44(62)38-60-46(64)52(41-49(5,6)58-50(7,8)42-52)66-54(60)33-27-21-17-13-10-14-18-22-28-34-54/h57-58H,9-42H2,1-8H3,(H,55,61)(H,56,62). The second-order valence-electron chi connectivity index (χ2n) is 24.8. The lowest BCUT2D eigenvalue weighted by atomic mass is 9.72. The van der Waals surface area contributed by atoms with Crippen molar-refractivity contribution in [1.82, 2.24) is 31.1 Å². The Balaban J connectivity index is 1.00. The topological polar surface area (TPSA) is 141 Å². The van der Waals surface area contributed by atoms with Gasteiger partial charge < -0.3 is 40.5 Å². The Bertz CT molecular complexity index is 1470. The van der Waals surface area contributed by atoms with E-state index in [1.807, 2.05) is 9.80 Å². The molecule has 2 aliphatic carbocycles. The van der Waals surface area contributed by atoms with E-state index >= 15 is 0 Å². The van der Waals surface area contributed by atoms with Gasteiger partial charge in [-0.05, 0) is 120 Å². The molecule has 4 amide bonds. The highest BCUT2D eigenvalue weighted by atomic mass is 16.6. The smallest absolute Gasteiger partial charge is 0.257 e. The van der Waals surface area contributed by atoms with Crippen molar-refractivity contribution >= 4 is 23.6 Å². The minimum Gasteiger partial charge on any atom is -0.355 e. The van der Waals surface area contributed by atoms with E-state index in [4.69, 9.17) is 9.47 Å². The van der Waals surface area contributed by atoms with Gasteiger partial charge in [0, 0.05) is 60.9 Å². The molecule has 12 nitrogen and oxygen atoms in total. The Morgan fingerprint density at radius 3 is 0.970 bits per heavy atom. The summed E-state index contributed by atoms with van der Waals surface area (Å²) in [5.74, 6) is -0.253. The first-order valence-electron chi connectivity index (χ1n) is 27.3. The molecule has 0 radical (unpaired) electrons. The van der Waals surface area contributed by atoms with E-state index < -0.39 is 22.7 Å². The first kappa shape index (κ1) is 53.1. The second-order valence-corrected chi connectivity index (χ2v) is 24.8. The van der Waals surface area contributed by atoms with Gasteiger partial charge in [0.05, 0.1) is 0 Å². The molecule has 378 valence electrons. The van der Waals surface area contributed by atoms with E-state index in [9.17, 15) is 19.2 Å². The fraction of sp³-hybridized carbons (Fsp3) is 0.926. The van der Waals surface area contributed by atoms with E-state index in [2.05, 4.69) is 76.7 Å². The number of amides is 4. The maximum Gasteiger partial charge on any atom is 0.257 e. The number of hydrogen-bond acceptors (Lipinski definition) is 8. The third kappa shape index (κ3) is 13.7. The Hall–Kier alpha value is -2.28. The number of nitrogens with zero attached hydrogens (tertiary/aromatic N) is 2. The van der Waals surface area contributed by atoms with Crippen LogP contribution in [0.25, 0.3) is 0 Å². The van der Waals surface area contributed by atoms with Crippen LogP contribution in [0.3, 0.4) is 0 Å². The first-order chi connectivity index (χ1) is 31.2. The molecule has 4 N–H and O–H groups in total. The van der Waals surface area contributed by atoms with Crippen LogP contribution in [0.2, 0.25) is 0 Å². The van der Waals surface area contributed by atoms with Gasteiger partial charge >= 0.3 is 0 Å². The van der Waals surface area contributed by atoms with Crippen LogP contribution in [0.5, 0.6) is 0 Å². The van der Waals surface area contributed by atoms with Crippen molar-refractivity contribution in [2.24, 2.45) is 0 Å². The predicted octanol–water partition coefficient (Wildman–Crippen LogP) is 9.86. The van der Waals surface area contributed by atoms with Gasteiger partial charge in [-0.3, -0.25) is 19.2 Å². The van der Waals surface area contributed by atoms with Crippen molar-refractivity contribution in [2.75, 3.05) is 26.2 Å². The fourth-order valence-corrected chi connectivity index (χ4v) is 14.2. The molecule has 0 atom stereocenters. The van der Waals surface area contributed by atoms with Crippen molar-refractivity contribution in [2.45, 2.75) is 293 Å². The lowest BCUT2D eigenvalue weighted by Gasteiger charge is -2.50. The summed E-state index contributed by atoms with van der Waals surface area (Å²) in [5, 5.41) is 13.8. The lowest BCUT2D eigenvalue weighted by molar-refractivity contribution is -0.177. The van der Waals surface area contributed by atoms with E-state index in [-0.39, 0.29) is 58.9 Å². The summed E-state index contributed by atoms with van der Waals surface area (Å²) in [7, 11) is 0. The summed E-state index contributed by atoms with van der Waals surface area (Å²) in [6.07, 6.45) is 29.9. The molecule has 0 aromatic rings. The molecule has 0 aromatic carbocycles. The minimum atomic E-state index is -0.944. The van der Waals surface area contributed by atoms with Gasteiger partial charge in [0.1, 0.15) is 24.5 Å². The van der Waals surface area contributed by atoms with Crippen LogP contribution in [-0.4, -0.2) is 104 Å². The van der Waals surface area contributed by atoms with Crippen LogP contribution < -0.4 is 21.3 Å². The van der Waals surface area contributed by atoms with Gasteiger partial charge in [-0.15, -0.1) is 0 Å². The molecule has 0 aromatic heterocycles. The van der Waals surface area contributed by atoms with Crippen molar-refractivity contribution in [3.05, 3.63) is 0 Å². The van der Waals surface area contributed by atoms with Gasteiger partial charge in [-0.1, -0.05) is 103 Å². The van der Waals surface area contributed by atoms with E-state index in [1.165, 1.54) is 64.2 Å². The number of nitrogens with one attached hydrogen (secondary N) is 4. The summed E-state index contributed by atoms with van der Waals surface area (Å²) >= 11 is 0. The van der Waals surface area contributed by atoms with Gasteiger partial charge in [0.25, 0.3) is 11.8 Å². The van der Waals surface area contributed by atoms with E-state index in [0.717, 1.165) is 103 Å². The number of unbranched alkanes of at least 4 members (excludes halogenated alkanes) is 3. The number of hydrogen-bond donors (Lipinski definition) is 4. The second kappa shape index (κ2) is 22.2. The number of rotatable bonds is 11. The molecule has 4 spiro atoms. The number of carbonyl (C=O) groups excluding carboxylic acids is 4. The normalized spacial score (nSPS) is 27.5. The zero-order chi connectivity index (χ0) is 47.7. The highest BCUT2D eigenvalue weighted by Gasteiger charge is 2.66. The van der Waals surface area contributed by atoms with Crippen molar-refractivity contribution in [3.8, 4) is 0 Å². The van der Waals surface area contributed by atoms with Gasteiger partial charge in [-0.2, -0.15) is 0 Å². The van der Waals surface area contributed by atoms with Crippen molar-refractivity contribution < 1.29 is 28.7 Å². The minimum absolute atomic E-state index is 0.00810. The Morgan fingerprint density at radius 2 is 0.697 bits per heavy atom. The Labute approximate surface area is 401 Å². The summed E-state index contributed by atoms with van der Waals surface area (Å²) in [6.45, 7) is 18.5. The molecule has 4 saturated heterocycles. The summed E-state index contributed by atoms with van der Waals surface area (Å²) in [5.41, 5.74) is -4.54. The zero-order valence-corrected chi connectivity index (χ0v) is 43.4. The molecule has 6 aliphatic rings. The van der Waals surface area contributed by atoms with Gasteiger partial charge in [0.15, 0.2) is 11.2 Å². The van der Waals surface area contributed by atoms with Crippen LogP contribution in [0.15, 0.2) is 0 Å². The predicted molar refractivity (Wildman–Crippen MR) is 264 cm³/mol. The molecule has 0 unspecified atom stereocenters. The quantitative estimate of drug-likeness (QED) is 0.150. The number of ether oxygens (including phenoxy) is 2. The van der Waals surface area contributed by atoms with Crippen LogP contribution in [0.1, 0.15) is 248 Å². The largest absolute Gasteiger partial charge is 0.355 e. The monoisotopic (exact) mass is 925 g/mol. The zero-order valence-electron chi connectivity index (χ0n) is 43.4. The maximum atomic E-state index is 14.8. The van der Waals surface area contributed by atoms with Gasteiger partial charge in [0.2, 0.25) is 11.8 Å². The van der Waals surface area contributed by atoms with Crippen molar-refractivity contribution in [1.29, 1.82) is 0 Å². The third-order valence-electron chi connectivity index (χ3n) is 15.9. The molecular formula is C54H96N6O6. The van der Waals surface area contributed by atoms with Gasteiger partial charge in [-0.25, -0.2) is 0 Å². The van der Waals surface area contributed by atoms with Crippen molar-refractivity contribution in [3.63, 3.8) is 0 Å². The third-order valence-corrected chi connectivity index (χ3v) is 15.9. The Morgan fingerprint density at radius 1 is 0.439 bits per heavy atom. The van der Waals surface area contributed by atoms with E-state index in [0.29, 0.717) is 38.8 Å². The van der Waals surface area contributed by atoms with Crippen LogP contribution in [0.4, 0.5) is 0 Å². The fourth-order valence-electron chi connectivity index (χ4n) is 14.2.